The van der Waals surface area contributed by atoms with Gasteiger partial charge in [0.05, 0.1) is 11.5 Å². The summed E-state index contributed by atoms with van der Waals surface area (Å²) in [6, 6.07) is 10.3. The van der Waals surface area contributed by atoms with E-state index in [-0.39, 0.29) is 18.4 Å². The molecule has 0 atom stereocenters. The minimum atomic E-state index is -0.217. The van der Waals surface area contributed by atoms with Gasteiger partial charge in [-0.2, -0.15) is 0 Å². The Hall–Kier alpha value is -2.15. The first-order chi connectivity index (χ1) is 14.1. The summed E-state index contributed by atoms with van der Waals surface area (Å²) in [5, 5.41) is 6.60. The van der Waals surface area contributed by atoms with Crippen molar-refractivity contribution in [3.63, 3.8) is 0 Å². The predicted molar refractivity (Wildman–Crippen MR) is 125 cm³/mol. The lowest BCUT2D eigenvalue weighted by molar-refractivity contribution is -0.139. The summed E-state index contributed by atoms with van der Waals surface area (Å²) in [7, 11) is 0. The van der Waals surface area contributed by atoms with Crippen molar-refractivity contribution in [2.45, 2.75) is 27.2 Å². The van der Waals surface area contributed by atoms with Gasteiger partial charge in [0.15, 0.2) is 0 Å². The Morgan fingerprint density at radius 1 is 1.20 bits per heavy atom. The zero-order valence-corrected chi connectivity index (χ0v) is 19.4. The first kappa shape index (κ1) is 24.1. The van der Waals surface area contributed by atoms with Gasteiger partial charge in [0.1, 0.15) is 12.3 Å². The highest BCUT2D eigenvalue weighted by molar-refractivity contribution is 7.12. The largest absolute Gasteiger partial charge is 0.463 e. The molecule has 7 heteroatoms. The zero-order chi connectivity index (χ0) is 20.6. The van der Waals surface area contributed by atoms with Crippen LogP contribution in [0.2, 0.25) is 0 Å². The molecule has 0 aliphatic carbocycles. The highest BCUT2D eigenvalue weighted by atomic mass is 35.5. The van der Waals surface area contributed by atoms with Gasteiger partial charge in [-0.05, 0) is 49.8 Å². The smallest absolute Gasteiger partial charge is 0.334 e. The third kappa shape index (κ3) is 6.17. The summed E-state index contributed by atoms with van der Waals surface area (Å²) in [6.45, 7) is 9.09. The number of oxime groups is 1. The Labute approximate surface area is 188 Å². The maximum atomic E-state index is 11.9. The first-order valence-electron chi connectivity index (χ1n) is 9.99. The molecular weight excluding hydrogens is 420 g/mol. The van der Waals surface area contributed by atoms with Crippen molar-refractivity contribution in [1.29, 1.82) is 0 Å². The predicted octanol–water partition coefficient (Wildman–Crippen LogP) is 4.75. The van der Waals surface area contributed by atoms with E-state index in [0.29, 0.717) is 26.3 Å². The molecule has 0 spiro atoms. The van der Waals surface area contributed by atoms with Crippen molar-refractivity contribution in [3.05, 3.63) is 68.9 Å². The van der Waals surface area contributed by atoms with Gasteiger partial charge in [-0.1, -0.05) is 35.5 Å². The van der Waals surface area contributed by atoms with Gasteiger partial charge in [0, 0.05) is 30.8 Å². The van der Waals surface area contributed by atoms with Crippen LogP contribution >= 0.6 is 23.7 Å². The Balaban J connectivity index is 0.00000320. The summed E-state index contributed by atoms with van der Waals surface area (Å²) < 4.78 is 5.11. The number of carbonyl (C=O) groups excluding carboxylic acids is 1. The maximum absolute atomic E-state index is 11.9. The first-order valence-corrected chi connectivity index (χ1v) is 10.9. The molecule has 0 radical (unpaired) electrons. The third-order valence-electron chi connectivity index (χ3n) is 4.90. The lowest BCUT2D eigenvalue weighted by Gasteiger charge is -2.25. The molecule has 3 rings (SSSR count). The Morgan fingerprint density at radius 3 is 2.70 bits per heavy atom. The van der Waals surface area contributed by atoms with Crippen LogP contribution in [0.25, 0.3) is 0 Å². The van der Waals surface area contributed by atoms with Crippen molar-refractivity contribution in [1.82, 2.24) is 4.90 Å². The van der Waals surface area contributed by atoms with Gasteiger partial charge < -0.3 is 9.57 Å². The van der Waals surface area contributed by atoms with Gasteiger partial charge in [0.2, 0.25) is 0 Å². The van der Waals surface area contributed by atoms with Gasteiger partial charge in [-0.15, -0.1) is 23.7 Å². The van der Waals surface area contributed by atoms with Gasteiger partial charge in [-0.3, -0.25) is 4.90 Å². The molecule has 0 N–H and O–H groups in total. The average molecular weight is 449 g/mol. The summed E-state index contributed by atoms with van der Waals surface area (Å²) in [5.41, 5.74) is 5.06. The number of esters is 1. The normalized spacial score (nSPS) is 14.6. The number of thiophene rings is 1. The Morgan fingerprint density at radius 2 is 2.00 bits per heavy atom. The number of benzene rings is 1. The van der Waals surface area contributed by atoms with Crippen molar-refractivity contribution >= 4 is 35.4 Å². The molecule has 30 heavy (non-hydrogen) atoms. The van der Waals surface area contributed by atoms with Crippen molar-refractivity contribution in [3.8, 4) is 0 Å². The summed E-state index contributed by atoms with van der Waals surface area (Å²) in [5.74, 6) is -0.217. The zero-order valence-electron chi connectivity index (χ0n) is 17.7. The minimum Gasteiger partial charge on any atom is -0.463 e. The topological polar surface area (TPSA) is 51.1 Å². The minimum absolute atomic E-state index is 0. The molecule has 1 aromatic carbocycles. The number of hydrogen-bond acceptors (Lipinski definition) is 6. The molecule has 0 unspecified atom stereocenters. The van der Waals surface area contributed by atoms with Crippen LogP contribution in [0.5, 0.6) is 0 Å². The van der Waals surface area contributed by atoms with Crippen LogP contribution in [0.3, 0.4) is 0 Å². The Bertz CT molecular complexity index is 907. The van der Waals surface area contributed by atoms with Crippen LogP contribution in [-0.4, -0.2) is 49.4 Å². The number of aryl methyl sites for hydroxylation is 2. The van der Waals surface area contributed by atoms with Crippen LogP contribution in [-0.2, 0) is 14.4 Å². The molecule has 0 fully saturated rings. The van der Waals surface area contributed by atoms with E-state index >= 15 is 0 Å². The van der Waals surface area contributed by atoms with E-state index in [1.807, 2.05) is 25.1 Å². The highest BCUT2D eigenvalue weighted by Crippen LogP contribution is 2.23. The molecule has 1 aromatic heterocycles. The number of ether oxygens (including phenoxy) is 1. The van der Waals surface area contributed by atoms with Gasteiger partial charge in [0.25, 0.3) is 0 Å². The van der Waals surface area contributed by atoms with Gasteiger partial charge >= 0.3 is 5.97 Å². The number of nitrogens with zero attached hydrogens (tertiary/aromatic N) is 2. The van der Waals surface area contributed by atoms with E-state index in [9.17, 15) is 4.79 Å². The monoisotopic (exact) mass is 448 g/mol. The molecule has 1 aliphatic rings. The summed E-state index contributed by atoms with van der Waals surface area (Å²) in [4.78, 5) is 21.0. The molecule has 0 amide bonds. The van der Waals surface area contributed by atoms with E-state index in [1.165, 1.54) is 11.1 Å². The van der Waals surface area contributed by atoms with Crippen LogP contribution in [0.15, 0.2) is 52.5 Å². The molecular formula is C23H29ClN2O3S. The molecule has 2 aromatic rings. The van der Waals surface area contributed by atoms with Crippen molar-refractivity contribution < 1.29 is 14.4 Å². The molecule has 5 nitrogen and oxygen atoms in total. The van der Waals surface area contributed by atoms with Crippen molar-refractivity contribution in [2.75, 3.05) is 32.8 Å². The quantitative estimate of drug-likeness (QED) is 0.253. The lowest BCUT2D eigenvalue weighted by Crippen LogP contribution is -2.35. The highest BCUT2D eigenvalue weighted by Gasteiger charge is 2.19. The molecule has 0 saturated heterocycles. The summed E-state index contributed by atoms with van der Waals surface area (Å²) >= 11 is 1.68. The molecule has 162 valence electrons. The number of rotatable bonds is 8. The molecule has 2 heterocycles. The second-order valence-electron chi connectivity index (χ2n) is 7.04. The molecule has 0 saturated carbocycles. The maximum Gasteiger partial charge on any atom is 0.334 e. The molecule has 0 bridgehead atoms. The fraction of sp³-hybridized carbons (Fsp3) is 0.391. The fourth-order valence-electron chi connectivity index (χ4n) is 3.32. The third-order valence-corrected chi connectivity index (χ3v) is 5.92. The van der Waals surface area contributed by atoms with Crippen LogP contribution < -0.4 is 0 Å². The Kier molecular flexibility index (Phi) is 9.56. The number of halogens is 1. The number of carbonyl (C=O) groups is 1. The van der Waals surface area contributed by atoms with Crippen LogP contribution in [0, 0.1) is 13.8 Å². The van der Waals surface area contributed by atoms with Gasteiger partial charge in [-0.25, -0.2) is 4.79 Å². The molecule has 1 aliphatic heterocycles. The van der Waals surface area contributed by atoms with Crippen LogP contribution in [0.4, 0.5) is 0 Å². The standard InChI is InChI=1S/C23H28N2O3S.ClH/c1-4-27-23(26)19-9-7-12-25(16-19)13-14-28-24-21(22-18(3)11-15-29-22)20-10-6-5-8-17(20)2;/h5-6,8-11,15H,4,7,12-14,16H2,1-3H3;1H/b24-21-;. The fourth-order valence-corrected chi connectivity index (χ4v) is 4.24. The van der Waals surface area contributed by atoms with E-state index in [4.69, 9.17) is 9.57 Å². The van der Waals surface area contributed by atoms with E-state index in [1.54, 1.807) is 11.3 Å². The van der Waals surface area contributed by atoms with Crippen molar-refractivity contribution in [2.24, 2.45) is 5.16 Å². The van der Waals surface area contributed by atoms with E-state index in [2.05, 4.69) is 47.5 Å². The SMILES string of the molecule is CCOC(=O)C1=CCCN(CCO/N=C(/c2ccccc2C)c2sccc2C)C1.Cl. The second kappa shape index (κ2) is 11.9. The second-order valence-corrected chi connectivity index (χ2v) is 7.95. The summed E-state index contributed by atoms with van der Waals surface area (Å²) in [6.07, 6.45) is 2.82. The average Bonchev–Trinajstić information content (AvgIpc) is 3.15. The van der Waals surface area contributed by atoms with E-state index < -0.39 is 0 Å². The van der Waals surface area contributed by atoms with E-state index in [0.717, 1.165) is 34.7 Å². The van der Waals surface area contributed by atoms with Crippen LogP contribution in [0.1, 0.15) is 34.9 Å². The number of hydrogen-bond donors (Lipinski definition) is 0. The lowest BCUT2D eigenvalue weighted by atomic mass is 10.0.